The van der Waals surface area contributed by atoms with Gasteiger partial charge < -0.3 is 4.40 Å². The average molecular weight is 352 g/mol. The molecule has 0 unspecified atom stereocenters. The van der Waals surface area contributed by atoms with E-state index in [4.69, 9.17) is 4.98 Å². The van der Waals surface area contributed by atoms with Gasteiger partial charge in [0.2, 0.25) is 0 Å². The third-order valence-electron chi connectivity index (χ3n) is 5.17. The minimum atomic E-state index is -0.168. The molecular weight excluding hydrogens is 327 g/mol. The third-order valence-corrected chi connectivity index (χ3v) is 5.17. The Morgan fingerprint density at radius 3 is 2.42 bits per heavy atom. The van der Waals surface area contributed by atoms with E-state index in [0.29, 0.717) is 0 Å². The fraction of sp³-hybridized carbons (Fsp3) is 0.381. The van der Waals surface area contributed by atoms with Crippen LogP contribution in [0.25, 0.3) is 5.52 Å². The number of hydrogen-bond acceptors (Lipinski definition) is 3. The van der Waals surface area contributed by atoms with Crippen LogP contribution in [0.3, 0.4) is 0 Å². The molecule has 3 aromatic rings. The highest BCUT2D eigenvalue weighted by Crippen LogP contribution is 2.16. The van der Waals surface area contributed by atoms with Gasteiger partial charge in [0.15, 0.2) is 0 Å². The average Bonchev–Trinajstić information content (AvgIpc) is 2.81. The van der Waals surface area contributed by atoms with Crippen molar-refractivity contribution in [3.05, 3.63) is 71.6 Å². The summed E-state index contributed by atoms with van der Waals surface area (Å²) in [5.41, 5.74) is 3.54. The quantitative estimate of drug-likeness (QED) is 0.718. The van der Waals surface area contributed by atoms with Gasteiger partial charge in [-0.25, -0.2) is 9.37 Å². The van der Waals surface area contributed by atoms with E-state index in [2.05, 4.69) is 39.5 Å². The predicted molar refractivity (Wildman–Crippen MR) is 102 cm³/mol. The summed E-state index contributed by atoms with van der Waals surface area (Å²) in [6.45, 7) is 8.08. The van der Waals surface area contributed by atoms with Crippen LogP contribution in [0.5, 0.6) is 0 Å². The van der Waals surface area contributed by atoms with Crippen molar-refractivity contribution in [3.8, 4) is 0 Å². The second-order valence-electron chi connectivity index (χ2n) is 7.09. The third kappa shape index (κ3) is 3.79. The molecule has 4 rings (SSSR count). The zero-order chi connectivity index (χ0) is 17.9. The number of rotatable bonds is 4. The first-order valence-corrected chi connectivity index (χ1v) is 9.31. The largest absolute Gasteiger partial charge is 0.304 e. The number of fused-ring (bicyclic) bond motifs is 1. The number of pyridine rings is 1. The van der Waals surface area contributed by atoms with Crippen molar-refractivity contribution < 1.29 is 4.39 Å². The van der Waals surface area contributed by atoms with Gasteiger partial charge in [-0.3, -0.25) is 9.80 Å². The maximum Gasteiger partial charge on any atom is 0.123 e. The lowest BCUT2D eigenvalue weighted by Crippen LogP contribution is -2.30. The highest BCUT2D eigenvalue weighted by Gasteiger charge is 2.17. The first-order chi connectivity index (χ1) is 12.7. The van der Waals surface area contributed by atoms with E-state index in [9.17, 15) is 4.39 Å². The lowest BCUT2D eigenvalue weighted by Gasteiger charge is -2.21. The molecule has 0 amide bonds. The van der Waals surface area contributed by atoms with Gasteiger partial charge in [0.1, 0.15) is 11.6 Å². The van der Waals surface area contributed by atoms with Crippen molar-refractivity contribution in [2.45, 2.75) is 26.4 Å². The Labute approximate surface area is 153 Å². The topological polar surface area (TPSA) is 23.8 Å². The molecule has 0 N–H and O–H groups in total. The van der Waals surface area contributed by atoms with Crippen LogP contribution >= 0.6 is 0 Å². The Morgan fingerprint density at radius 2 is 1.65 bits per heavy atom. The van der Waals surface area contributed by atoms with Crippen LogP contribution < -0.4 is 0 Å². The van der Waals surface area contributed by atoms with Gasteiger partial charge in [-0.2, -0.15) is 0 Å². The van der Waals surface area contributed by atoms with Crippen LogP contribution in [0.15, 0.2) is 48.7 Å². The second kappa shape index (κ2) is 7.56. The SMILES string of the molecule is Cc1nc(CN2CCCN(Cc3ccc(F)cc3)CC2)c2ccccn12. The molecule has 0 radical (unpaired) electrons. The number of hydrogen-bond donors (Lipinski definition) is 0. The van der Waals surface area contributed by atoms with E-state index < -0.39 is 0 Å². The summed E-state index contributed by atoms with van der Waals surface area (Å²) in [5, 5.41) is 0. The maximum atomic E-state index is 13.1. The predicted octanol–water partition coefficient (Wildman–Crippen LogP) is 3.49. The Morgan fingerprint density at radius 1 is 0.923 bits per heavy atom. The molecule has 1 saturated heterocycles. The van der Waals surface area contributed by atoms with E-state index in [1.54, 1.807) is 12.1 Å². The molecule has 0 bridgehead atoms. The highest BCUT2D eigenvalue weighted by atomic mass is 19.1. The molecule has 0 spiro atoms. The van der Waals surface area contributed by atoms with Gasteiger partial charge in [-0.1, -0.05) is 18.2 Å². The van der Waals surface area contributed by atoms with Gasteiger partial charge in [-0.15, -0.1) is 0 Å². The highest BCUT2D eigenvalue weighted by molar-refractivity contribution is 5.53. The standard InChI is InChI=1S/C21H25FN4/c1-17-23-20(21-5-2-3-12-26(17)21)16-25-11-4-10-24(13-14-25)15-18-6-8-19(22)9-7-18/h2-3,5-9,12H,4,10-11,13-16H2,1H3. The lowest BCUT2D eigenvalue weighted by atomic mass is 10.2. The molecule has 2 aromatic heterocycles. The molecule has 1 aliphatic rings. The fourth-order valence-electron chi connectivity index (χ4n) is 3.78. The number of halogens is 1. The van der Waals surface area contributed by atoms with Crippen molar-refractivity contribution in [1.29, 1.82) is 0 Å². The van der Waals surface area contributed by atoms with Crippen LogP contribution in [-0.2, 0) is 13.1 Å². The van der Waals surface area contributed by atoms with E-state index in [1.807, 2.05) is 18.2 Å². The van der Waals surface area contributed by atoms with Crippen LogP contribution in [-0.4, -0.2) is 45.4 Å². The Kier molecular flexibility index (Phi) is 5.00. The van der Waals surface area contributed by atoms with Gasteiger partial charge >= 0.3 is 0 Å². The van der Waals surface area contributed by atoms with Crippen molar-refractivity contribution in [1.82, 2.24) is 19.2 Å². The number of aryl methyl sites for hydroxylation is 1. The van der Waals surface area contributed by atoms with E-state index >= 15 is 0 Å². The Bertz CT molecular complexity index is 871. The van der Waals surface area contributed by atoms with Crippen LogP contribution in [0.4, 0.5) is 4.39 Å². The molecule has 26 heavy (non-hydrogen) atoms. The molecule has 4 nitrogen and oxygen atoms in total. The first-order valence-electron chi connectivity index (χ1n) is 9.31. The monoisotopic (exact) mass is 352 g/mol. The molecule has 3 heterocycles. The lowest BCUT2D eigenvalue weighted by molar-refractivity contribution is 0.246. The van der Waals surface area contributed by atoms with E-state index in [0.717, 1.165) is 57.2 Å². The molecule has 5 heteroatoms. The van der Waals surface area contributed by atoms with Crippen molar-refractivity contribution >= 4 is 5.52 Å². The van der Waals surface area contributed by atoms with Crippen molar-refractivity contribution in [2.24, 2.45) is 0 Å². The molecule has 0 atom stereocenters. The molecule has 0 aliphatic carbocycles. The molecule has 136 valence electrons. The van der Waals surface area contributed by atoms with Crippen LogP contribution in [0, 0.1) is 12.7 Å². The summed E-state index contributed by atoms with van der Waals surface area (Å²) in [6, 6.07) is 13.1. The molecular formula is C21H25FN4. The fourth-order valence-corrected chi connectivity index (χ4v) is 3.78. The van der Waals surface area contributed by atoms with Crippen LogP contribution in [0.2, 0.25) is 0 Å². The minimum Gasteiger partial charge on any atom is -0.304 e. The summed E-state index contributed by atoms with van der Waals surface area (Å²) < 4.78 is 15.2. The Hall–Kier alpha value is -2.24. The van der Waals surface area contributed by atoms with Gasteiger partial charge in [0.25, 0.3) is 0 Å². The summed E-state index contributed by atoms with van der Waals surface area (Å²) in [4.78, 5) is 9.74. The molecule has 1 aliphatic heterocycles. The Balaban J connectivity index is 1.39. The number of imidazole rings is 1. The summed E-state index contributed by atoms with van der Waals surface area (Å²) in [7, 11) is 0. The number of aromatic nitrogens is 2. The molecule has 1 aromatic carbocycles. The normalized spacial score (nSPS) is 16.8. The smallest absolute Gasteiger partial charge is 0.123 e. The molecule has 0 saturated carbocycles. The number of nitrogens with zero attached hydrogens (tertiary/aromatic N) is 4. The zero-order valence-corrected chi connectivity index (χ0v) is 15.2. The van der Waals surface area contributed by atoms with E-state index in [-0.39, 0.29) is 5.82 Å². The van der Waals surface area contributed by atoms with Crippen molar-refractivity contribution in [2.75, 3.05) is 26.2 Å². The minimum absolute atomic E-state index is 0.168. The summed E-state index contributed by atoms with van der Waals surface area (Å²) in [6.07, 6.45) is 3.22. The first kappa shape index (κ1) is 17.2. The molecule has 1 fully saturated rings. The van der Waals surface area contributed by atoms with Crippen LogP contribution in [0.1, 0.15) is 23.5 Å². The second-order valence-corrected chi connectivity index (χ2v) is 7.09. The van der Waals surface area contributed by atoms with Gasteiger partial charge in [0, 0.05) is 32.4 Å². The zero-order valence-electron chi connectivity index (χ0n) is 15.2. The van der Waals surface area contributed by atoms with Gasteiger partial charge in [-0.05, 0) is 56.3 Å². The maximum absolute atomic E-state index is 13.1. The van der Waals surface area contributed by atoms with Gasteiger partial charge in [0.05, 0.1) is 11.2 Å². The number of benzene rings is 1. The summed E-state index contributed by atoms with van der Waals surface area (Å²) >= 11 is 0. The van der Waals surface area contributed by atoms with E-state index in [1.165, 1.54) is 11.1 Å². The summed E-state index contributed by atoms with van der Waals surface area (Å²) in [5.74, 6) is 0.877. The van der Waals surface area contributed by atoms with Crippen molar-refractivity contribution in [3.63, 3.8) is 0 Å².